The number of hydrogen-bond donors (Lipinski definition) is 0. The molecule has 2 aromatic heterocycles. The van der Waals surface area contributed by atoms with Crippen LogP contribution in [0.2, 0.25) is 0 Å². The maximum Gasteiger partial charge on any atom is 0.338 e. The van der Waals surface area contributed by atoms with E-state index in [9.17, 15) is 19.2 Å². The van der Waals surface area contributed by atoms with E-state index in [1.54, 1.807) is 36.1 Å². The summed E-state index contributed by atoms with van der Waals surface area (Å²) in [4.78, 5) is 59.8. The highest BCUT2D eigenvalue weighted by molar-refractivity contribution is 6.02. The molecule has 1 saturated heterocycles. The smallest absolute Gasteiger partial charge is 0.338 e. The van der Waals surface area contributed by atoms with E-state index < -0.39 is 23.8 Å². The molecule has 0 aliphatic carbocycles. The number of carbonyl (C=O) groups is 2. The van der Waals surface area contributed by atoms with Gasteiger partial charge in [-0.2, -0.15) is 0 Å². The minimum atomic E-state index is -0.771. The molecule has 0 N–H and O–H groups in total. The standard InChI is InChI=1S/C26H30N4O6/c1-5-17-10-8-9-13-28(17)21(31)15-29-24(32)22-18(25(33)36-4)14-16(2)27-23(22)30(26(29)34)19-11-6-7-12-20(19)35-3/h6-7,11-12,14,17H,5,8-10,13,15H2,1-4H3/t17-/m1/s1. The molecule has 3 aromatic rings. The van der Waals surface area contributed by atoms with Crippen LogP contribution in [-0.4, -0.2) is 57.7 Å². The van der Waals surface area contributed by atoms with Crippen LogP contribution in [0.4, 0.5) is 0 Å². The molecule has 36 heavy (non-hydrogen) atoms. The molecule has 4 rings (SSSR count). The number of fused-ring (bicyclic) bond motifs is 1. The largest absolute Gasteiger partial charge is 0.495 e. The van der Waals surface area contributed by atoms with Crippen molar-refractivity contribution in [3.05, 3.63) is 62.4 Å². The van der Waals surface area contributed by atoms with Crippen molar-refractivity contribution in [2.45, 2.75) is 52.1 Å². The molecule has 10 heteroatoms. The van der Waals surface area contributed by atoms with E-state index >= 15 is 0 Å². The van der Waals surface area contributed by atoms with Crippen LogP contribution in [-0.2, 0) is 16.1 Å². The number of benzene rings is 1. The van der Waals surface area contributed by atoms with Crippen LogP contribution in [0.15, 0.2) is 39.9 Å². The van der Waals surface area contributed by atoms with Gasteiger partial charge in [0.05, 0.1) is 30.9 Å². The Morgan fingerprint density at radius 3 is 2.58 bits per heavy atom. The molecule has 10 nitrogen and oxygen atoms in total. The molecule has 190 valence electrons. The van der Waals surface area contributed by atoms with Crippen molar-refractivity contribution in [2.24, 2.45) is 0 Å². The van der Waals surface area contributed by atoms with E-state index in [0.29, 0.717) is 23.7 Å². The lowest BCUT2D eigenvalue weighted by atomic mass is 10.00. The molecule has 1 aliphatic heterocycles. The number of nitrogens with zero attached hydrogens (tertiary/aromatic N) is 4. The monoisotopic (exact) mass is 494 g/mol. The molecule has 0 unspecified atom stereocenters. The fourth-order valence-corrected chi connectivity index (χ4v) is 4.88. The number of esters is 1. The second-order valence-corrected chi connectivity index (χ2v) is 8.83. The number of likely N-dealkylation sites (tertiary alicyclic amines) is 1. The zero-order chi connectivity index (χ0) is 26.0. The van der Waals surface area contributed by atoms with Crippen molar-refractivity contribution in [1.82, 2.24) is 19.0 Å². The highest BCUT2D eigenvalue weighted by Gasteiger charge is 2.29. The Morgan fingerprint density at radius 2 is 1.89 bits per heavy atom. The van der Waals surface area contributed by atoms with E-state index in [0.717, 1.165) is 30.3 Å². The van der Waals surface area contributed by atoms with Crippen molar-refractivity contribution >= 4 is 22.9 Å². The van der Waals surface area contributed by atoms with Gasteiger partial charge in [0.15, 0.2) is 5.65 Å². The van der Waals surface area contributed by atoms with Gasteiger partial charge in [0.25, 0.3) is 5.56 Å². The number of aryl methyl sites for hydroxylation is 1. The van der Waals surface area contributed by atoms with Crippen LogP contribution >= 0.6 is 0 Å². The van der Waals surface area contributed by atoms with Crippen LogP contribution in [0, 0.1) is 6.92 Å². The van der Waals surface area contributed by atoms with Gasteiger partial charge in [-0.05, 0) is 50.8 Å². The predicted octanol–water partition coefficient (Wildman–Crippen LogP) is 2.44. The molecular weight excluding hydrogens is 464 g/mol. The van der Waals surface area contributed by atoms with Gasteiger partial charge < -0.3 is 14.4 Å². The lowest BCUT2D eigenvalue weighted by Crippen LogP contribution is -2.49. The quantitative estimate of drug-likeness (QED) is 0.484. The summed E-state index contributed by atoms with van der Waals surface area (Å²) in [5.74, 6) is -0.693. The Morgan fingerprint density at radius 1 is 1.14 bits per heavy atom. The first kappa shape index (κ1) is 25.2. The van der Waals surface area contributed by atoms with Gasteiger partial charge in [-0.3, -0.25) is 9.59 Å². The SMILES string of the molecule is CC[C@@H]1CCCCN1C(=O)Cn1c(=O)c2c(C(=O)OC)cc(C)nc2n(-c2ccccc2OC)c1=O. The minimum absolute atomic E-state index is 0.0111. The predicted molar refractivity (Wildman–Crippen MR) is 134 cm³/mol. The van der Waals surface area contributed by atoms with E-state index in [1.807, 2.05) is 6.92 Å². The molecule has 1 aliphatic rings. The Labute approximate surface area is 208 Å². The topological polar surface area (TPSA) is 113 Å². The molecular formula is C26H30N4O6. The maximum atomic E-state index is 13.8. The average molecular weight is 495 g/mol. The molecule has 3 heterocycles. The lowest BCUT2D eigenvalue weighted by Gasteiger charge is -2.35. The van der Waals surface area contributed by atoms with Crippen LogP contribution in [0.1, 0.15) is 48.7 Å². The first-order valence-corrected chi connectivity index (χ1v) is 12.0. The van der Waals surface area contributed by atoms with E-state index in [1.165, 1.54) is 24.9 Å². The molecule has 1 amide bonds. The number of amides is 1. The number of rotatable bonds is 6. The van der Waals surface area contributed by atoms with Gasteiger partial charge in [0.2, 0.25) is 5.91 Å². The summed E-state index contributed by atoms with van der Waals surface area (Å²) >= 11 is 0. The van der Waals surface area contributed by atoms with E-state index in [2.05, 4.69) is 4.98 Å². The number of piperidine rings is 1. The van der Waals surface area contributed by atoms with Crippen molar-refractivity contribution in [1.29, 1.82) is 0 Å². The summed E-state index contributed by atoms with van der Waals surface area (Å²) in [6.07, 6.45) is 3.58. The average Bonchev–Trinajstić information content (AvgIpc) is 2.90. The van der Waals surface area contributed by atoms with Crippen molar-refractivity contribution in [2.75, 3.05) is 20.8 Å². The Balaban J connectivity index is 2.03. The second kappa shape index (κ2) is 10.3. The van der Waals surface area contributed by atoms with Crippen molar-refractivity contribution in [3.63, 3.8) is 0 Å². The normalized spacial score (nSPS) is 15.7. The summed E-state index contributed by atoms with van der Waals surface area (Å²) < 4.78 is 12.5. The summed E-state index contributed by atoms with van der Waals surface area (Å²) in [5, 5.41) is -0.101. The number of ether oxygens (including phenoxy) is 2. The number of carbonyl (C=O) groups excluding carboxylic acids is 2. The van der Waals surface area contributed by atoms with Crippen LogP contribution in [0.3, 0.4) is 0 Å². The Kier molecular flexibility index (Phi) is 7.23. The van der Waals surface area contributed by atoms with Gasteiger partial charge in [-0.15, -0.1) is 0 Å². The molecule has 0 spiro atoms. The summed E-state index contributed by atoms with van der Waals surface area (Å²) in [5.41, 5.74) is -0.813. The van der Waals surface area contributed by atoms with Crippen LogP contribution in [0.5, 0.6) is 5.75 Å². The Bertz CT molecular complexity index is 1440. The summed E-state index contributed by atoms with van der Waals surface area (Å²) in [7, 11) is 2.68. The zero-order valence-corrected chi connectivity index (χ0v) is 20.9. The second-order valence-electron chi connectivity index (χ2n) is 8.83. The summed E-state index contributed by atoms with van der Waals surface area (Å²) in [6.45, 7) is 3.80. The van der Waals surface area contributed by atoms with Gasteiger partial charge in [0.1, 0.15) is 12.3 Å². The van der Waals surface area contributed by atoms with Gasteiger partial charge >= 0.3 is 11.7 Å². The first-order chi connectivity index (χ1) is 17.3. The molecule has 1 fully saturated rings. The lowest BCUT2D eigenvalue weighted by molar-refractivity contribution is -0.135. The molecule has 0 radical (unpaired) electrons. The minimum Gasteiger partial charge on any atom is -0.495 e. The third kappa shape index (κ3) is 4.38. The number of methoxy groups -OCH3 is 2. The van der Waals surface area contributed by atoms with Crippen LogP contribution in [0.25, 0.3) is 16.7 Å². The van der Waals surface area contributed by atoms with Crippen molar-refractivity contribution in [3.8, 4) is 11.4 Å². The van der Waals surface area contributed by atoms with E-state index in [4.69, 9.17) is 9.47 Å². The van der Waals surface area contributed by atoms with Crippen LogP contribution < -0.4 is 16.0 Å². The highest BCUT2D eigenvalue weighted by atomic mass is 16.5. The summed E-state index contributed by atoms with van der Waals surface area (Å²) in [6, 6.07) is 8.29. The third-order valence-electron chi connectivity index (χ3n) is 6.66. The van der Waals surface area contributed by atoms with Gasteiger partial charge in [-0.1, -0.05) is 19.1 Å². The van der Waals surface area contributed by atoms with Crippen molar-refractivity contribution < 1.29 is 19.1 Å². The van der Waals surface area contributed by atoms with E-state index in [-0.39, 0.29) is 28.5 Å². The maximum absolute atomic E-state index is 13.8. The molecule has 1 aromatic carbocycles. The third-order valence-corrected chi connectivity index (χ3v) is 6.66. The van der Waals surface area contributed by atoms with Gasteiger partial charge in [-0.25, -0.2) is 23.7 Å². The number of aromatic nitrogens is 3. The molecule has 0 bridgehead atoms. The Hall–Kier alpha value is -3.95. The molecule has 1 atom stereocenters. The highest BCUT2D eigenvalue weighted by Crippen LogP contribution is 2.25. The first-order valence-electron chi connectivity index (χ1n) is 12.0. The fourth-order valence-electron chi connectivity index (χ4n) is 4.88. The number of para-hydroxylation sites is 2. The number of hydrogen-bond acceptors (Lipinski definition) is 7. The number of pyridine rings is 1. The fraction of sp³-hybridized carbons (Fsp3) is 0.423. The zero-order valence-electron chi connectivity index (χ0n) is 20.9. The van der Waals surface area contributed by atoms with Gasteiger partial charge in [0, 0.05) is 18.3 Å². The molecule has 0 saturated carbocycles.